The third kappa shape index (κ3) is 5.44. The van der Waals surface area contributed by atoms with Crippen LogP contribution in [0, 0.1) is 5.92 Å². The Morgan fingerprint density at radius 3 is 3.00 bits per heavy atom. The van der Waals surface area contributed by atoms with Crippen LogP contribution in [0.4, 0.5) is 0 Å². The molecule has 1 rings (SSSR count). The molecule has 0 amide bonds. The normalized spacial score (nSPS) is 24.2. The zero-order chi connectivity index (χ0) is 12.0. The number of carboxylic acid groups (broad SMARTS) is 1. The zero-order valence-corrected chi connectivity index (χ0v) is 9.85. The summed E-state index contributed by atoms with van der Waals surface area (Å²) in [5.41, 5.74) is 0. The van der Waals surface area contributed by atoms with E-state index in [9.17, 15) is 9.90 Å². The number of hydrogen-bond donors (Lipinski definition) is 3. The van der Waals surface area contributed by atoms with Crippen LogP contribution in [0.1, 0.15) is 19.8 Å². The largest absolute Gasteiger partial charge is 0.480 e. The van der Waals surface area contributed by atoms with Crippen LogP contribution in [0.5, 0.6) is 0 Å². The highest BCUT2D eigenvalue weighted by atomic mass is 16.4. The summed E-state index contributed by atoms with van der Waals surface area (Å²) in [7, 11) is 0. The van der Waals surface area contributed by atoms with Crippen molar-refractivity contribution in [1.29, 1.82) is 0 Å². The molecule has 0 aromatic carbocycles. The Hall–Kier alpha value is -0.650. The highest BCUT2D eigenvalue weighted by Crippen LogP contribution is 2.15. The average Bonchev–Trinajstić information content (AvgIpc) is 2.16. The van der Waals surface area contributed by atoms with E-state index in [0.29, 0.717) is 5.92 Å². The first-order chi connectivity index (χ1) is 7.58. The van der Waals surface area contributed by atoms with Crippen LogP contribution in [-0.2, 0) is 4.79 Å². The molecule has 1 heterocycles. The fourth-order valence-electron chi connectivity index (χ4n) is 2.24. The molecule has 0 saturated carbocycles. The van der Waals surface area contributed by atoms with Gasteiger partial charge in [-0.1, -0.05) is 0 Å². The van der Waals surface area contributed by atoms with E-state index in [1.807, 2.05) is 0 Å². The van der Waals surface area contributed by atoms with Crippen molar-refractivity contribution in [2.75, 3.05) is 32.7 Å². The summed E-state index contributed by atoms with van der Waals surface area (Å²) in [5, 5.41) is 20.8. The molecule has 0 bridgehead atoms. The van der Waals surface area contributed by atoms with Crippen molar-refractivity contribution < 1.29 is 15.0 Å². The Labute approximate surface area is 96.4 Å². The molecule has 5 nitrogen and oxygen atoms in total. The second-order valence-electron chi connectivity index (χ2n) is 4.64. The van der Waals surface area contributed by atoms with Gasteiger partial charge in [0.15, 0.2) is 0 Å². The van der Waals surface area contributed by atoms with E-state index in [2.05, 4.69) is 10.2 Å². The van der Waals surface area contributed by atoms with Crippen molar-refractivity contribution in [3.63, 3.8) is 0 Å². The molecule has 1 saturated heterocycles. The lowest BCUT2D eigenvalue weighted by atomic mass is 9.98. The van der Waals surface area contributed by atoms with Crippen LogP contribution in [-0.4, -0.2) is 59.9 Å². The van der Waals surface area contributed by atoms with Gasteiger partial charge in [-0.05, 0) is 38.8 Å². The SMILES string of the molecule is C[C@@H](O)CN1CCCC(CNCC(=O)O)C1. The molecule has 0 aliphatic carbocycles. The van der Waals surface area contributed by atoms with Gasteiger partial charge < -0.3 is 20.4 Å². The van der Waals surface area contributed by atoms with E-state index in [4.69, 9.17) is 5.11 Å². The highest BCUT2D eigenvalue weighted by Gasteiger charge is 2.20. The van der Waals surface area contributed by atoms with Gasteiger partial charge in [-0.3, -0.25) is 4.79 Å². The Morgan fingerprint density at radius 1 is 1.62 bits per heavy atom. The van der Waals surface area contributed by atoms with Crippen molar-refractivity contribution in [3.8, 4) is 0 Å². The van der Waals surface area contributed by atoms with E-state index in [1.54, 1.807) is 6.92 Å². The number of likely N-dealkylation sites (tertiary alicyclic amines) is 1. The van der Waals surface area contributed by atoms with E-state index < -0.39 is 5.97 Å². The van der Waals surface area contributed by atoms with Crippen LogP contribution in [0.25, 0.3) is 0 Å². The quantitative estimate of drug-likeness (QED) is 0.587. The maximum Gasteiger partial charge on any atom is 0.317 e. The molecule has 0 aromatic rings. The molecule has 1 unspecified atom stereocenters. The number of aliphatic hydroxyl groups excluding tert-OH is 1. The molecule has 0 spiro atoms. The van der Waals surface area contributed by atoms with E-state index >= 15 is 0 Å². The number of aliphatic hydroxyl groups is 1. The van der Waals surface area contributed by atoms with Crippen LogP contribution >= 0.6 is 0 Å². The first kappa shape index (κ1) is 13.4. The lowest BCUT2D eigenvalue weighted by Crippen LogP contribution is -2.43. The minimum absolute atomic E-state index is 0.0346. The second kappa shape index (κ2) is 6.83. The first-order valence-corrected chi connectivity index (χ1v) is 5.91. The fourth-order valence-corrected chi connectivity index (χ4v) is 2.24. The lowest BCUT2D eigenvalue weighted by Gasteiger charge is -2.33. The molecule has 16 heavy (non-hydrogen) atoms. The van der Waals surface area contributed by atoms with Crippen LogP contribution < -0.4 is 5.32 Å². The molecule has 1 aliphatic rings. The summed E-state index contributed by atoms with van der Waals surface area (Å²) in [6, 6.07) is 0. The number of β-amino-alcohol motifs (C(OH)–C–C–N with tert-alkyl or cyclic N) is 1. The predicted octanol–water partition coefficient (Wildman–Crippen LogP) is -0.247. The maximum atomic E-state index is 10.3. The summed E-state index contributed by atoms with van der Waals surface area (Å²) in [4.78, 5) is 12.6. The maximum absolute atomic E-state index is 10.3. The van der Waals surface area contributed by atoms with Gasteiger partial charge in [0.25, 0.3) is 0 Å². The highest BCUT2D eigenvalue weighted by molar-refractivity contribution is 5.68. The predicted molar refractivity (Wildman–Crippen MR) is 61.4 cm³/mol. The van der Waals surface area contributed by atoms with Gasteiger partial charge in [0, 0.05) is 13.1 Å². The second-order valence-corrected chi connectivity index (χ2v) is 4.64. The van der Waals surface area contributed by atoms with E-state index in [0.717, 1.165) is 39.0 Å². The zero-order valence-electron chi connectivity index (χ0n) is 9.85. The number of carbonyl (C=O) groups is 1. The molecule has 0 radical (unpaired) electrons. The van der Waals surface area contributed by atoms with Gasteiger partial charge >= 0.3 is 5.97 Å². The fraction of sp³-hybridized carbons (Fsp3) is 0.909. The van der Waals surface area contributed by atoms with Crippen molar-refractivity contribution in [1.82, 2.24) is 10.2 Å². The van der Waals surface area contributed by atoms with Crippen molar-refractivity contribution in [3.05, 3.63) is 0 Å². The van der Waals surface area contributed by atoms with Gasteiger partial charge in [-0.25, -0.2) is 0 Å². The Bertz CT molecular complexity index is 221. The van der Waals surface area contributed by atoms with Crippen LogP contribution in [0.15, 0.2) is 0 Å². The van der Waals surface area contributed by atoms with Gasteiger partial charge in [0.05, 0.1) is 12.6 Å². The number of carboxylic acids is 1. The standard InChI is InChI=1S/C11H22N2O3/c1-9(14)7-13-4-2-3-10(8-13)5-12-6-11(15)16/h9-10,12,14H,2-8H2,1H3,(H,15,16)/t9-,10?/m1/s1. The Kier molecular flexibility index (Phi) is 5.73. The molecular weight excluding hydrogens is 208 g/mol. The Balaban J connectivity index is 2.19. The number of rotatable bonds is 6. The van der Waals surface area contributed by atoms with Crippen LogP contribution in [0.3, 0.4) is 0 Å². The first-order valence-electron chi connectivity index (χ1n) is 5.91. The number of hydrogen-bond acceptors (Lipinski definition) is 4. The molecule has 94 valence electrons. The van der Waals surface area contributed by atoms with Crippen molar-refractivity contribution >= 4 is 5.97 Å². The number of nitrogens with one attached hydrogen (secondary N) is 1. The summed E-state index contributed by atoms with van der Waals surface area (Å²) in [5.74, 6) is -0.302. The monoisotopic (exact) mass is 230 g/mol. The molecule has 0 aromatic heterocycles. The molecule has 1 aliphatic heterocycles. The number of aliphatic carboxylic acids is 1. The summed E-state index contributed by atoms with van der Waals surface area (Å²) in [6.07, 6.45) is 1.99. The lowest BCUT2D eigenvalue weighted by molar-refractivity contribution is -0.136. The van der Waals surface area contributed by atoms with Crippen molar-refractivity contribution in [2.45, 2.75) is 25.9 Å². The van der Waals surface area contributed by atoms with Crippen molar-refractivity contribution in [2.24, 2.45) is 5.92 Å². The average molecular weight is 230 g/mol. The molecule has 1 fully saturated rings. The van der Waals surface area contributed by atoms with E-state index in [1.165, 1.54) is 0 Å². The smallest absolute Gasteiger partial charge is 0.317 e. The van der Waals surface area contributed by atoms with E-state index in [-0.39, 0.29) is 12.6 Å². The number of piperidine rings is 1. The topological polar surface area (TPSA) is 72.8 Å². The van der Waals surface area contributed by atoms with Gasteiger partial charge in [-0.15, -0.1) is 0 Å². The van der Waals surface area contributed by atoms with Gasteiger partial charge in [0.2, 0.25) is 0 Å². The summed E-state index contributed by atoms with van der Waals surface area (Å²) < 4.78 is 0. The van der Waals surface area contributed by atoms with Crippen LogP contribution in [0.2, 0.25) is 0 Å². The molecular formula is C11H22N2O3. The van der Waals surface area contributed by atoms with Gasteiger partial charge in [0.1, 0.15) is 0 Å². The third-order valence-corrected chi connectivity index (χ3v) is 2.83. The van der Waals surface area contributed by atoms with Gasteiger partial charge in [-0.2, -0.15) is 0 Å². The minimum Gasteiger partial charge on any atom is -0.480 e. The Morgan fingerprint density at radius 2 is 2.38 bits per heavy atom. The minimum atomic E-state index is -0.809. The summed E-state index contributed by atoms with van der Waals surface area (Å²) >= 11 is 0. The summed E-state index contributed by atoms with van der Waals surface area (Å²) in [6.45, 7) is 5.30. The molecule has 5 heteroatoms. The molecule has 2 atom stereocenters. The third-order valence-electron chi connectivity index (χ3n) is 2.83. The number of nitrogens with zero attached hydrogens (tertiary/aromatic N) is 1. The molecule has 3 N–H and O–H groups in total.